The molecule has 2 rings (SSSR count). The fraction of sp³-hybridized carbons (Fsp3) is 0.615. The van der Waals surface area contributed by atoms with Gasteiger partial charge in [0.25, 0.3) is 0 Å². The van der Waals surface area contributed by atoms with Crippen LogP contribution < -0.4 is 4.90 Å². The molecule has 0 bridgehead atoms. The van der Waals surface area contributed by atoms with Gasteiger partial charge in [0, 0.05) is 12.8 Å². The molecule has 1 aromatic rings. The Morgan fingerprint density at radius 2 is 2.25 bits per heavy atom. The minimum atomic E-state index is -3.05. The highest BCUT2D eigenvalue weighted by atomic mass is 79.9. The maximum Gasteiger partial charge on any atom is 0.151 e. The largest absolute Gasteiger partial charge is 0.377 e. The molecule has 112 valence electrons. The molecule has 1 fully saturated rings. The summed E-state index contributed by atoms with van der Waals surface area (Å²) in [6.45, 7) is 4.25. The molecule has 0 spiro atoms. The van der Waals surface area contributed by atoms with Gasteiger partial charge < -0.3 is 9.64 Å². The molecule has 1 atom stereocenters. The molecule has 1 aliphatic heterocycles. The van der Waals surface area contributed by atoms with Crippen LogP contribution in [0.25, 0.3) is 0 Å². The third-order valence-electron chi connectivity index (χ3n) is 3.26. The molecule has 1 aliphatic rings. The summed E-state index contributed by atoms with van der Waals surface area (Å²) in [6, 6.07) is 3.91. The number of rotatable bonds is 4. The van der Waals surface area contributed by atoms with Gasteiger partial charge in [-0.3, -0.25) is 0 Å². The van der Waals surface area contributed by atoms with Crippen molar-refractivity contribution in [3.63, 3.8) is 0 Å². The van der Waals surface area contributed by atoms with Gasteiger partial charge in [-0.15, -0.1) is 0 Å². The monoisotopic (exact) mass is 362 g/mol. The number of sulfone groups is 1. The van der Waals surface area contributed by atoms with Crippen molar-refractivity contribution in [1.82, 2.24) is 4.98 Å². The molecule has 1 saturated heterocycles. The van der Waals surface area contributed by atoms with Crippen LogP contribution in [0.4, 0.5) is 5.82 Å². The number of morpholine rings is 1. The molecular weight excluding hydrogens is 344 g/mol. The Labute approximate surface area is 128 Å². The topological polar surface area (TPSA) is 59.5 Å². The molecule has 0 amide bonds. The normalized spacial score (nSPS) is 20.1. The summed E-state index contributed by atoms with van der Waals surface area (Å²) in [7, 11) is -3.05. The third-order valence-corrected chi connectivity index (χ3v) is 4.53. The van der Waals surface area contributed by atoms with Crippen molar-refractivity contribution < 1.29 is 13.2 Å². The summed E-state index contributed by atoms with van der Waals surface area (Å²) >= 11 is 3.37. The minimum absolute atomic E-state index is 0.0300. The quantitative estimate of drug-likeness (QED) is 0.766. The first kappa shape index (κ1) is 15.7. The van der Waals surface area contributed by atoms with E-state index in [2.05, 4.69) is 32.7 Å². The smallest absolute Gasteiger partial charge is 0.151 e. The Kier molecular flexibility index (Phi) is 5.04. The second-order valence-corrected chi connectivity index (χ2v) is 8.01. The second-order valence-electron chi connectivity index (χ2n) is 5.06. The van der Waals surface area contributed by atoms with Crippen LogP contribution in [0.2, 0.25) is 0 Å². The summed E-state index contributed by atoms with van der Waals surface area (Å²) in [5.74, 6) is 0.843. The lowest BCUT2D eigenvalue weighted by Gasteiger charge is -2.36. The molecule has 0 radical (unpaired) electrons. The maximum absolute atomic E-state index is 11.5. The zero-order valence-corrected chi connectivity index (χ0v) is 14.1. The summed E-state index contributed by atoms with van der Waals surface area (Å²) in [5.41, 5.74) is 0.755. The van der Waals surface area contributed by atoms with Crippen LogP contribution in [0.15, 0.2) is 16.7 Å². The molecule has 0 aliphatic carbocycles. The summed E-state index contributed by atoms with van der Waals surface area (Å²) < 4.78 is 29.1. The van der Waals surface area contributed by atoms with E-state index in [0.717, 1.165) is 24.3 Å². The van der Waals surface area contributed by atoms with E-state index in [9.17, 15) is 8.42 Å². The van der Waals surface area contributed by atoms with Crippen molar-refractivity contribution in [2.75, 3.05) is 30.9 Å². The Morgan fingerprint density at radius 1 is 1.50 bits per heavy atom. The average Bonchev–Trinajstić information content (AvgIpc) is 2.36. The molecule has 1 aromatic heterocycles. The summed E-state index contributed by atoms with van der Waals surface area (Å²) in [4.78, 5) is 6.67. The van der Waals surface area contributed by atoms with E-state index in [-0.39, 0.29) is 11.8 Å². The highest BCUT2D eigenvalue weighted by Gasteiger charge is 2.23. The van der Waals surface area contributed by atoms with E-state index in [1.807, 2.05) is 6.07 Å². The number of nitrogens with zero attached hydrogens (tertiary/aromatic N) is 2. The molecule has 0 unspecified atom stereocenters. The lowest BCUT2D eigenvalue weighted by atomic mass is 10.1. The van der Waals surface area contributed by atoms with Crippen molar-refractivity contribution in [2.45, 2.75) is 25.1 Å². The number of halogens is 1. The van der Waals surface area contributed by atoms with E-state index >= 15 is 0 Å². The van der Waals surface area contributed by atoms with Gasteiger partial charge in [-0.2, -0.15) is 0 Å². The van der Waals surface area contributed by atoms with Crippen molar-refractivity contribution in [2.24, 2.45) is 0 Å². The fourth-order valence-electron chi connectivity index (χ4n) is 2.36. The number of hydrogen-bond donors (Lipinski definition) is 0. The molecule has 20 heavy (non-hydrogen) atoms. The fourth-order valence-corrected chi connectivity index (χ4v) is 3.61. The highest BCUT2D eigenvalue weighted by molar-refractivity contribution is 9.10. The lowest BCUT2D eigenvalue weighted by Crippen LogP contribution is -2.45. The number of ether oxygens (including phenoxy) is 1. The van der Waals surface area contributed by atoms with Crippen LogP contribution in [0.1, 0.15) is 18.9 Å². The number of hydrogen-bond acceptors (Lipinski definition) is 5. The van der Waals surface area contributed by atoms with Crippen molar-refractivity contribution in [1.29, 1.82) is 0 Å². The van der Waals surface area contributed by atoms with Crippen LogP contribution in [-0.4, -0.2) is 45.5 Å². The van der Waals surface area contributed by atoms with Crippen LogP contribution in [0.3, 0.4) is 0 Å². The maximum atomic E-state index is 11.5. The molecule has 7 heteroatoms. The lowest BCUT2D eigenvalue weighted by molar-refractivity contribution is 0.0925. The first-order valence-corrected chi connectivity index (χ1v) is 9.43. The van der Waals surface area contributed by atoms with Gasteiger partial charge in [0.2, 0.25) is 0 Å². The van der Waals surface area contributed by atoms with Crippen molar-refractivity contribution in [3.05, 3.63) is 22.3 Å². The van der Waals surface area contributed by atoms with Gasteiger partial charge >= 0.3 is 0 Å². The Morgan fingerprint density at radius 3 is 2.90 bits per heavy atom. The number of anilines is 1. The third kappa shape index (κ3) is 4.17. The summed E-state index contributed by atoms with van der Waals surface area (Å²) in [6.07, 6.45) is 2.21. The second kappa shape index (κ2) is 6.41. The molecule has 2 heterocycles. The predicted octanol–water partition coefficient (Wildman–Crippen LogP) is 2.00. The standard InChI is InChI=1S/C13H19BrN2O3S/c1-3-11-8-19-5-4-16(11)13-7-10(6-12(14)15-13)9-20(2,17)18/h6-7,11H,3-5,8-9H2,1-2H3/t11-/m0/s1. The van der Waals surface area contributed by atoms with Gasteiger partial charge in [0.05, 0.1) is 25.0 Å². The highest BCUT2D eigenvalue weighted by Crippen LogP contribution is 2.24. The number of aromatic nitrogens is 1. The van der Waals surface area contributed by atoms with Crippen LogP contribution in [0, 0.1) is 0 Å². The molecular formula is C13H19BrN2O3S. The van der Waals surface area contributed by atoms with E-state index in [1.54, 1.807) is 6.07 Å². The van der Waals surface area contributed by atoms with Crippen molar-refractivity contribution >= 4 is 31.6 Å². The summed E-state index contributed by atoms with van der Waals surface area (Å²) in [5, 5.41) is 0. The molecule has 0 saturated carbocycles. The van der Waals surface area contributed by atoms with Crippen LogP contribution in [-0.2, 0) is 20.3 Å². The van der Waals surface area contributed by atoms with Gasteiger partial charge in [0.15, 0.2) is 9.84 Å². The average molecular weight is 363 g/mol. The van der Waals surface area contributed by atoms with E-state index in [0.29, 0.717) is 17.8 Å². The van der Waals surface area contributed by atoms with Gasteiger partial charge in [-0.05, 0) is 40.0 Å². The van der Waals surface area contributed by atoms with Crippen LogP contribution in [0.5, 0.6) is 0 Å². The predicted molar refractivity (Wildman–Crippen MR) is 82.7 cm³/mol. The van der Waals surface area contributed by atoms with Crippen LogP contribution >= 0.6 is 15.9 Å². The van der Waals surface area contributed by atoms with Gasteiger partial charge in [-0.1, -0.05) is 6.92 Å². The SMILES string of the molecule is CC[C@H]1COCCN1c1cc(CS(C)(=O)=O)cc(Br)n1. The zero-order chi connectivity index (χ0) is 14.8. The minimum Gasteiger partial charge on any atom is -0.377 e. The molecule has 0 aromatic carbocycles. The van der Waals surface area contributed by atoms with E-state index in [4.69, 9.17) is 4.74 Å². The Balaban J connectivity index is 2.31. The molecule has 0 N–H and O–H groups in total. The Bertz CT molecular complexity index is 577. The van der Waals surface area contributed by atoms with E-state index in [1.165, 1.54) is 6.26 Å². The Hall–Kier alpha value is -0.660. The van der Waals surface area contributed by atoms with E-state index < -0.39 is 9.84 Å². The zero-order valence-electron chi connectivity index (χ0n) is 11.7. The first-order valence-electron chi connectivity index (χ1n) is 6.57. The first-order chi connectivity index (χ1) is 9.39. The number of pyridine rings is 1. The van der Waals surface area contributed by atoms with Crippen molar-refractivity contribution in [3.8, 4) is 0 Å². The molecule has 5 nitrogen and oxygen atoms in total. The van der Waals surface area contributed by atoms with Gasteiger partial charge in [-0.25, -0.2) is 13.4 Å². The van der Waals surface area contributed by atoms with Gasteiger partial charge in [0.1, 0.15) is 10.4 Å².